The average molecular weight is 413 g/mol. The molecule has 1 aliphatic heterocycles. The van der Waals surface area contributed by atoms with Crippen LogP contribution >= 0.6 is 0 Å². The molecule has 0 atom stereocenters. The Morgan fingerprint density at radius 3 is 2.53 bits per heavy atom. The molecule has 0 radical (unpaired) electrons. The first-order valence-corrected chi connectivity index (χ1v) is 10.4. The molecule has 162 valence electrons. The summed E-state index contributed by atoms with van der Waals surface area (Å²) in [5, 5.41) is 6.31. The van der Waals surface area contributed by atoms with Crippen LogP contribution in [0.1, 0.15) is 25.1 Å². The fourth-order valence-electron chi connectivity index (χ4n) is 3.41. The van der Waals surface area contributed by atoms with Crippen LogP contribution in [-0.2, 0) is 11.3 Å². The van der Waals surface area contributed by atoms with Crippen LogP contribution < -0.4 is 10.6 Å². The van der Waals surface area contributed by atoms with E-state index in [1.165, 1.54) is 5.56 Å². The second-order valence-electron chi connectivity index (χ2n) is 7.90. The molecule has 1 amide bonds. The SMILES string of the molecule is CN=C(NCc1coc(-c2ccc(C)cc2)n1)N1CCN(CC(=O)NC(C)C)CC1. The fraction of sp³-hybridized carbons (Fsp3) is 0.500. The van der Waals surface area contributed by atoms with E-state index in [0.717, 1.165) is 43.4 Å². The molecule has 0 bridgehead atoms. The number of hydrogen-bond donors (Lipinski definition) is 2. The summed E-state index contributed by atoms with van der Waals surface area (Å²) in [6.45, 7) is 10.3. The zero-order valence-corrected chi connectivity index (χ0v) is 18.3. The van der Waals surface area contributed by atoms with Gasteiger partial charge in [0.15, 0.2) is 5.96 Å². The Bertz CT molecular complexity index is 851. The van der Waals surface area contributed by atoms with E-state index in [1.54, 1.807) is 13.3 Å². The van der Waals surface area contributed by atoms with Gasteiger partial charge in [0.25, 0.3) is 0 Å². The minimum Gasteiger partial charge on any atom is -0.444 e. The van der Waals surface area contributed by atoms with Crippen molar-refractivity contribution in [2.75, 3.05) is 39.8 Å². The number of carbonyl (C=O) groups excluding carboxylic acids is 1. The highest BCUT2D eigenvalue weighted by molar-refractivity contribution is 5.80. The molecule has 8 heteroatoms. The molecule has 1 saturated heterocycles. The van der Waals surface area contributed by atoms with Gasteiger partial charge < -0.3 is 20.0 Å². The summed E-state index contributed by atoms with van der Waals surface area (Å²) in [6, 6.07) is 8.29. The molecular formula is C22H32N6O2. The van der Waals surface area contributed by atoms with Crippen LogP contribution in [0.15, 0.2) is 39.9 Å². The van der Waals surface area contributed by atoms with E-state index in [4.69, 9.17) is 4.42 Å². The normalized spacial score (nSPS) is 15.5. The lowest BCUT2D eigenvalue weighted by molar-refractivity contribution is -0.123. The van der Waals surface area contributed by atoms with Gasteiger partial charge in [0, 0.05) is 44.8 Å². The summed E-state index contributed by atoms with van der Waals surface area (Å²) in [5.41, 5.74) is 3.00. The van der Waals surface area contributed by atoms with Gasteiger partial charge in [-0.05, 0) is 32.9 Å². The van der Waals surface area contributed by atoms with Crippen LogP contribution in [0.2, 0.25) is 0 Å². The molecule has 8 nitrogen and oxygen atoms in total. The third kappa shape index (κ3) is 6.06. The van der Waals surface area contributed by atoms with Gasteiger partial charge in [-0.2, -0.15) is 0 Å². The molecule has 30 heavy (non-hydrogen) atoms. The molecule has 1 aromatic heterocycles. The van der Waals surface area contributed by atoms with Crippen molar-refractivity contribution in [3.63, 3.8) is 0 Å². The zero-order chi connectivity index (χ0) is 21.5. The Hall–Kier alpha value is -2.87. The van der Waals surface area contributed by atoms with Gasteiger partial charge in [-0.3, -0.25) is 14.7 Å². The Kier molecular flexibility index (Phi) is 7.46. The third-order valence-electron chi connectivity index (χ3n) is 4.98. The number of guanidine groups is 1. The summed E-state index contributed by atoms with van der Waals surface area (Å²) in [4.78, 5) is 25.3. The Morgan fingerprint density at radius 1 is 1.20 bits per heavy atom. The van der Waals surface area contributed by atoms with E-state index in [2.05, 4.69) is 37.3 Å². The maximum atomic E-state index is 12.0. The molecule has 1 aromatic carbocycles. The number of amides is 1. The maximum Gasteiger partial charge on any atom is 0.234 e. The molecule has 1 fully saturated rings. The van der Waals surface area contributed by atoms with Crippen molar-refractivity contribution in [3.05, 3.63) is 41.8 Å². The largest absolute Gasteiger partial charge is 0.444 e. The van der Waals surface area contributed by atoms with E-state index in [1.807, 2.05) is 38.1 Å². The summed E-state index contributed by atoms with van der Waals surface area (Å²) in [5.74, 6) is 1.53. The van der Waals surface area contributed by atoms with E-state index >= 15 is 0 Å². The van der Waals surface area contributed by atoms with Crippen molar-refractivity contribution in [1.82, 2.24) is 25.4 Å². The van der Waals surface area contributed by atoms with Gasteiger partial charge in [-0.25, -0.2) is 4.98 Å². The minimum absolute atomic E-state index is 0.0800. The molecule has 2 heterocycles. The van der Waals surface area contributed by atoms with Gasteiger partial charge in [-0.15, -0.1) is 0 Å². The number of benzene rings is 1. The van der Waals surface area contributed by atoms with Crippen LogP contribution in [-0.4, -0.2) is 72.5 Å². The predicted octanol–water partition coefficient (Wildman–Crippen LogP) is 1.87. The second kappa shape index (κ2) is 10.2. The number of aliphatic imine (C=N–C) groups is 1. The minimum atomic E-state index is 0.0800. The predicted molar refractivity (Wildman–Crippen MR) is 118 cm³/mol. The number of hydrogen-bond acceptors (Lipinski definition) is 5. The van der Waals surface area contributed by atoms with Crippen molar-refractivity contribution in [1.29, 1.82) is 0 Å². The third-order valence-corrected chi connectivity index (χ3v) is 4.98. The highest BCUT2D eigenvalue weighted by Crippen LogP contribution is 2.19. The molecule has 0 unspecified atom stereocenters. The Balaban J connectivity index is 1.48. The lowest BCUT2D eigenvalue weighted by atomic mass is 10.1. The fourth-order valence-corrected chi connectivity index (χ4v) is 3.41. The second-order valence-corrected chi connectivity index (χ2v) is 7.90. The van der Waals surface area contributed by atoms with E-state index in [9.17, 15) is 4.79 Å². The maximum absolute atomic E-state index is 12.0. The van der Waals surface area contributed by atoms with Crippen LogP contribution in [0.4, 0.5) is 0 Å². The monoisotopic (exact) mass is 412 g/mol. The van der Waals surface area contributed by atoms with E-state index in [-0.39, 0.29) is 11.9 Å². The quantitative estimate of drug-likeness (QED) is 0.557. The van der Waals surface area contributed by atoms with Crippen molar-refractivity contribution in [3.8, 4) is 11.5 Å². The molecule has 0 saturated carbocycles. The summed E-state index contributed by atoms with van der Waals surface area (Å²) >= 11 is 0. The van der Waals surface area contributed by atoms with Crippen molar-refractivity contribution < 1.29 is 9.21 Å². The first kappa shape index (κ1) is 21.8. The lowest BCUT2D eigenvalue weighted by Crippen LogP contribution is -2.54. The number of nitrogens with one attached hydrogen (secondary N) is 2. The van der Waals surface area contributed by atoms with Crippen molar-refractivity contribution in [2.45, 2.75) is 33.4 Å². The van der Waals surface area contributed by atoms with Gasteiger partial charge in [0.1, 0.15) is 6.26 Å². The van der Waals surface area contributed by atoms with Gasteiger partial charge in [0.2, 0.25) is 11.8 Å². The number of carbonyl (C=O) groups is 1. The molecule has 0 aliphatic carbocycles. The van der Waals surface area contributed by atoms with E-state index < -0.39 is 0 Å². The summed E-state index contributed by atoms with van der Waals surface area (Å²) in [6.07, 6.45) is 1.68. The summed E-state index contributed by atoms with van der Waals surface area (Å²) in [7, 11) is 1.78. The number of piperazine rings is 1. The Labute approximate surface area is 178 Å². The van der Waals surface area contributed by atoms with Crippen molar-refractivity contribution >= 4 is 11.9 Å². The number of rotatable bonds is 6. The first-order valence-electron chi connectivity index (χ1n) is 10.4. The van der Waals surface area contributed by atoms with Gasteiger partial charge >= 0.3 is 0 Å². The van der Waals surface area contributed by atoms with E-state index in [0.29, 0.717) is 19.0 Å². The Morgan fingerprint density at radius 2 is 1.90 bits per heavy atom. The van der Waals surface area contributed by atoms with Gasteiger partial charge in [-0.1, -0.05) is 17.7 Å². The van der Waals surface area contributed by atoms with Gasteiger partial charge in [0.05, 0.1) is 18.8 Å². The highest BCUT2D eigenvalue weighted by Gasteiger charge is 2.21. The molecule has 2 aromatic rings. The molecule has 3 rings (SSSR count). The number of nitrogens with zero attached hydrogens (tertiary/aromatic N) is 4. The lowest BCUT2D eigenvalue weighted by Gasteiger charge is -2.36. The van der Waals surface area contributed by atoms with Crippen LogP contribution in [0.25, 0.3) is 11.5 Å². The summed E-state index contributed by atoms with van der Waals surface area (Å²) < 4.78 is 5.63. The molecule has 2 N–H and O–H groups in total. The first-order chi connectivity index (χ1) is 14.4. The topological polar surface area (TPSA) is 86.0 Å². The average Bonchev–Trinajstić information content (AvgIpc) is 3.18. The number of oxazole rings is 1. The molecule has 1 aliphatic rings. The zero-order valence-electron chi connectivity index (χ0n) is 18.3. The number of aryl methyl sites for hydroxylation is 1. The molecule has 0 spiro atoms. The molecular weight excluding hydrogens is 380 g/mol. The highest BCUT2D eigenvalue weighted by atomic mass is 16.3. The van der Waals surface area contributed by atoms with Crippen molar-refractivity contribution in [2.24, 2.45) is 4.99 Å². The van der Waals surface area contributed by atoms with Crippen LogP contribution in [0.5, 0.6) is 0 Å². The smallest absolute Gasteiger partial charge is 0.234 e. The standard InChI is InChI=1S/C22H32N6O2/c1-16(2)25-20(29)14-27-9-11-28(12-10-27)22(23-4)24-13-19-15-30-21(26-19)18-7-5-17(3)6-8-18/h5-8,15-16H,9-14H2,1-4H3,(H,23,24)(H,25,29). The number of aromatic nitrogens is 1. The van der Waals surface area contributed by atoms with Crippen LogP contribution in [0.3, 0.4) is 0 Å². The van der Waals surface area contributed by atoms with Crippen LogP contribution in [0, 0.1) is 6.92 Å².